The van der Waals surface area contributed by atoms with Gasteiger partial charge in [0.05, 0.1) is 5.44 Å². The van der Waals surface area contributed by atoms with Crippen LogP contribution in [0.5, 0.6) is 0 Å². The van der Waals surface area contributed by atoms with Crippen LogP contribution in [-0.2, 0) is 0 Å². The Morgan fingerprint density at radius 1 is 0.941 bits per heavy atom. The average molecular weight is 280 g/mol. The van der Waals surface area contributed by atoms with Gasteiger partial charge in [0.1, 0.15) is 0 Å². The van der Waals surface area contributed by atoms with Gasteiger partial charge in [-0.3, -0.25) is 0 Å². The van der Waals surface area contributed by atoms with Crippen molar-refractivity contribution in [2.24, 2.45) is 5.73 Å². The topological polar surface area (TPSA) is 46.2 Å². The van der Waals surface area contributed by atoms with Crippen molar-refractivity contribution in [1.29, 1.82) is 0 Å². The molecule has 2 nitrogen and oxygen atoms in total. The van der Waals surface area contributed by atoms with Gasteiger partial charge < -0.3 is 10.8 Å². The normalized spacial score (nSPS) is 12.9. The highest BCUT2D eigenvalue weighted by molar-refractivity contribution is 7.99. The lowest BCUT2D eigenvalue weighted by atomic mass is 10.1. The van der Waals surface area contributed by atoms with Gasteiger partial charge in [0, 0.05) is 12.3 Å². The molecule has 0 saturated carbocycles. The second-order valence-electron chi connectivity index (χ2n) is 4.45. The number of hydrogen-bond acceptors (Lipinski definition) is 4. The molecule has 0 aliphatic heterocycles. The van der Waals surface area contributed by atoms with E-state index in [1.807, 2.05) is 0 Å². The Kier molecular flexibility index (Phi) is 15.2. The van der Waals surface area contributed by atoms with Crippen molar-refractivity contribution >= 4 is 24.4 Å². The molecule has 0 aliphatic carbocycles. The van der Waals surface area contributed by atoms with Crippen molar-refractivity contribution in [2.75, 3.05) is 18.1 Å². The Morgan fingerprint density at radius 3 is 2.00 bits per heavy atom. The number of thioether (sulfide) groups is 1. The molecule has 1 atom stereocenters. The van der Waals surface area contributed by atoms with Crippen LogP contribution in [0.3, 0.4) is 0 Å². The molecule has 1 unspecified atom stereocenters. The zero-order chi connectivity index (χ0) is 12.8. The number of hydrogen-bond donors (Lipinski definition) is 3. The molecule has 0 spiro atoms. The molecular formula is C13H29NOS2. The third-order valence-corrected chi connectivity index (χ3v) is 4.20. The Balaban J connectivity index is 3.02. The van der Waals surface area contributed by atoms with Crippen molar-refractivity contribution in [3.8, 4) is 0 Å². The first-order valence-corrected chi connectivity index (χ1v) is 8.60. The van der Waals surface area contributed by atoms with Gasteiger partial charge in [0.2, 0.25) is 0 Å². The number of aliphatic hydroxyl groups excluding tert-OH is 1. The highest BCUT2D eigenvalue weighted by atomic mass is 32.2. The summed E-state index contributed by atoms with van der Waals surface area (Å²) in [6.45, 7) is 0.661. The van der Waals surface area contributed by atoms with E-state index in [0.717, 1.165) is 24.3 Å². The molecule has 104 valence electrons. The predicted molar refractivity (Wildman–Crippen MR) is 82.9 cm³/mol. The van der Waals surface area contributed by atoms with E-state index in [9.17, 15) is 5.11 Å². The van der Waals surface area contributed by atoms with Crippen LogP contribution in [0.15, 0.2) is 0 Å². The third-order valence-electron chi connectivity index (χ3n) is 2.79. The van der Waals surface area contributed by atoms with Crippen molar-refractivity contribution < 1.29 is 5.11 Å². The Hall–Kier alpha value is 0.620. The third kappa shape index (κ3) is 14.6. The van der Waals surface area contributed by atoms with Crippen LogP contribution in [0, 0.1) is 0 Å². The standard InChI is InChI=1S/C13H29NOS2/c14-10-12-17-13(15)9-7-5-3-1-2-4-6-8-11-16/h13,15-16H,1-12,14H2. The summed E-state index contributed by atoms with van der Waals surface area (Å²) in [6, 6.07) is 0. The number of nitrogens with two attached hydrogens (primary N) is 1. The predicted octanol–water partition coefficient (Wildman–Crippen LogP) is 3.44. The maximum absolute atomic E-state index is 9.58. The summed E-state index contributed by atoms with van der Waals surface area (Å²) in [5.74, 6) is 1.89. The molecule has 17 heavy (non-hydrogen) atoms. The van der Waals surface area contributed by atoms with E-state index in [0.29, 0.717) is 6.54 Å². The second kappa shape index (κ2) is 14.7. The molecule has 4 heteroatoms. The molecule has 0 saturated heterocycles. The lowest BCUT2D eigenvalue weighted by Crippen LogP contribution is -2.08. The van der Waals surface area contributed by atoms with Crippen LogP contribution >= 0.6 is 24.4 Å². The largest absolute Gasteiger partial charge is 0.382 e. The maximum atomic E-state index is 9.58. The van der Waals surface area contributed by atoms with Crippen LogP contribution < -0.4 is 5.73 Å². The maximum Gasteiger partial charge on any atom is 0.0993 e. The van der Waals surface area contributed by atoms with E-state index in [2.05, 4.69) is 12.6 Å². The van der Waals surface area contributed by atoms with Gasteiger partial charge in [-0.05, 0) is 18.6 Å². The zero-order valence-corrected chi connectivity index (χ0v) is 12.7. The number of thiol groups is 1. The monoisotopic (exact) mass is 279 g/mol. The van der Waals surface area contributed by atoms with E-state index in [4.69, 9.17) is 5.73 Å². The summed E-state index contributed by atoms with van der Waals surface area (Å²) in [7, 11) is 0. The molecular weight excluding hydrogens is 250 g/mol. The van der Waals surface area contributed by atoms with Gasteiger partial charge in [-0.2, -0.15) is 12.6 Å². The SMILES string of the molecule is NCCSC(O)CCCCCCCCCCS. The fourth-order valence-electron chi connectivity index (χ4n) is 1.78. The fourth-order valence-corrected chi connectivity index (χ4v) is 2.74. The van der Waals surface area contributed by atoms with Crippen molar-refractivity contribution in [3.63, 3.8) is 0 Å². The summed E-state index contributed by atoms with van der Waals surface area (Å²) in [5, 5.41) is 9.58. The number of rotatable bonds is 13. The quantitative estimate of drug-likeness (QED) is 0.275. The Morgan fingerprint density at radius 2 is 1.47 bits per heavy atom. The molecule has 0 radical (unpaired) electrons. The molecule has 0 rings (SSSR count). The first kappa shape index (κ1) is 17.6. The second-order valence-corrected chi connectivity index (χ2v) is 6.19. The molecule has 0 aromatic heterocycles. The molecule has 0 fully saturated rings. The van der Waals surface area contributed by atoms with E-state index < -0.39 is 0 Å². The summed E-state index contributed by atoms with van der Waals surface area (Å²) in [6.07, 6.45) is 11.3. The van der Waals surface area contributed by atoms with E-state index in [-0.39, 0.29) is 5.44 Å². The Bertz CT molecular complexity index is 147. The summed E-state index contributed by atoms with van der Waals surface area (Å²) >= 11 is 5.78. The molecule has 0 aromatic carbocycles. The van der Waals surface area contributed by atoms with Gasteiger partial charge in [0.25, 0.3) is 0 Å². The van der Waals surface area contributed by atoms with Crippen LogP contribution in [0.25, 0.3) is 0 Å². The van der Waals surface area contributed by atoms with Crippen LogP contribution in [0.1, 0.15) is 57.8 Å². The smallest absolute Gasteiger partial charge is 0.0993 e. The van der Waals surface area contributed by atoms with Gasteiger partial charge in [-0.15, -0.1) is 11.8 Å². The molecule has 0 heterocycles. The van der Waals surface area contributed by atoms with Crippen LogP contribution in [0.2, 0.25) is 0 Å². The lowest BCUT2D eigenvalue weighted by Gasteiger charge is -2.08. The van der Waals surface area contributed by atoms with Crippen LogP contribution in [-0.4, -0.2) is 28.6 Å². The van der Waals surface area contributed by atoms with Gasteiger partial charge in [-0.1, -0.05) is 44.9 Å². The molecule has 0 amide bonds. The minimum atomic E-state index is -0.200. The van der Waals surface area contributed by atoms with E-state index >= 15 is 0 Å². The van der Waals surface area contributed by atoms with Crippen molar-refractivity contribution in [3.05, 3.63) is 0 Å². The lowest BCUT2D eigenvalue weighted by molar-refractivity contribution is 0.247. The minimum absolute atomic E-state index is 0.200. The zero-order valence-electron chi connectivity index (χ0n) is 10.9. The van der Waals surface area contributed by atoms with E-state index in [1.165, 1.54) is 44.9 Å². The first-order chi connectivity index (χ1) is 8.31. The average Bonchev–Trinajstić information content (AvgIpc) is 2.34. The molecule has 0 bridgehead atoms. The first-order valence-electron chi connectivity index (χ1n) is 6.92. The molecule has 0 aromatic rings. The van der Waals surface area contributed by atoms with Crippen molar-refractivity contribution in [2.45, 2.75) is 63.2 Å². The summed E-state index contributed by atoms with van der Waals surface area (Å²) < 4.78 is 0. The highest BCUT2D eigenvalue weighted by Gasteiger charge is 2.02. The van der Waals surface area contributed by atoms with Gasteiger partial charge in [0.15, 0.2) is 0 Å². The van der Waals surface area contributed by atoms with Crippen molar-refractivity contribution in [1.82, 2.24) is 0 Å². The van der Waals surface area contributed by atoms with Crippen LogP contribution in [0.4, 0.5) is 0 Å². The number of unbranched alkanes of at least 4 members (excludes halogenated alkanes) is 7. The fraction of sp³-hybridized carbons (Fsp3) is 1.00. The Labute approximate surface area is 117 Å². The highest BCUT2D eigenvalue weighted by Crippen LogP contribution is 2.16. The van der Waals surface area contributed by atoms with Gasteiger partial charge in [-0.25, -0.2) is 0 Å². The van der Waals surface area contributed by atoms with E-state index in [1.54, 1.807) is 11.8 Å². The van der Waals surface area contributed by atoms with Gasteiger partial charge >= 0.3 is 0 Å². The summed E-state index contributed by atoms with van der Waals surface area (Å²) in [4.78, 5) is 0. The molecule has 0 aliphatic rings. The number of aliphatic hydroxyl groups is 1. The summed E-state index contributed by atoms with van der Waals surface area (Å²) in [5.41, 5.74) is 5.18. The minimum Gasteiger partial charge on any atom is -0.382 e. The molecule has 3 N–H and O–H groups in total.